The molecule has 0 atom stereocenters. The Hall–Kier alpha value is -3.56. The molecule has 1 aromatic carbocycles. The number of aromatic nitrogens is 4. The lowest BCUT2D eigenvalue weighted by molar-refractivity contribution is -0.151. The van der Waals surface area contributed by atoms with Crippen LogP contribution < -0.4 is 5.56 Å². The molecular formula is C22H24FN5O4. The number of hydrogen-bond donors (Lipinski definition) is 0. The summed E-state index contributed by atoms with van der Waals surface area (Å²) in [5, 5.41) is 4.52. The van der Waals surface area contributed by atoms with Gasteiger partial charge in [-0.15, -0.1) is 0 Å². The molecule has 9 nitrogen and oxygen atoms in total. The second-order valence-corrected chi connectivity index (χ2v) is 7.67. The highest BCUT2D eigenvalue weighted by Crippen LogP contribution is 2.19. The van der Waals surface area contributed by atoms with Crippen molar-refractivity contribution in [3.63, 3.8) is 0 Å². The Balaban J connectivity index is 1.40. The van der Waals surface area contributed by atoms with Crippen LogP contribution in [0.1, 0.15) is 26.2 Å². The average molecular weight is 441 g/mol. The molecule has 168 valence electrons. The van der Waals surface area contributed by atoms with E-state index in [0.29, 0.717) is 49.3 Å². The highest BCUT2D eigenvalue weighted by atomic mass is 19.1. The zero-order valence-electron chi connectivity index (χ0n) is 17.7. The maximum absolute atomic E-state index is 13.2. The number of rotatable bonds is 6. The van der Waals surface area contributed by atoms with Gasteiger partial charge in [0.1, 0.15) is 11.2 Å². The summed E-state index contributed by atoms with van der Waals surface area (Å²) in [6, 6.07) is 5.73. The van der Waals surface area contributed by atoms with Crippen LogP contribution in [-0.4, -0.2) is 55.8 Å². The zero-order chi connectivity index (χ0) is 22.7. The third-order valence-electron chi connectivity index (χ3n) is 5.66. The SMILES string of the molecule is CCOC(=O)C1CCN(C(=O)CCn2cnc3c(cnn3-c3ccc(F)cc3)c2=O)CC1. The quantitative estimate of drug-likeness (QED) is 0.542. The molecule has 1 amide bonds. The lowest BCUT2D eigenvalue weighted by atomic mass is 9.97. The molecule has 3 aromatic rings. The lowest BCUT2D eigenvalue weighted by Crippen LogP contribution is -2.41. The van der Waals surface area contributed by atoms with E-state index in [1.165, 1.54) is 33.9 Å². The number of amides is 1. The number of carbonyl (C=O) groups excluding carboxylic acids is 2. The largest absolute Gasteiger partial charge is 0.466 e. The fraction of sp³-hybridized carbons (Fsp3) is 0.409. The van der Waals surface area contributed by atoms with Crippen molar-refractivity contribution in [2.75, 3.05) is 19.7 Å². The first-order chi connectivity index (χ1) is 15.5. The van der Waals surface area contributed by atoms with Gasteiger partial charge in [0.25, 0.3) is 5.56 Å². The lowest BCUT2D eigenvalue weighted by Gasteiger charge is -2.31. The standard InChI is InChI=1S/C22H24FN5O4/c1-2-32-22(31)15-7-10-26(11-8-15)19(29)9-12-27-14-24-20-18(21(27)30)13-25-28(20)17-5-3-16(23)4-6-17/h3-6,13-15H,2,7-12H2,1H3. The zero-order valence-corrected chi connectivity index (χ0v) is 17.7. The summed E-state index contributed by atoms with van der Waals surface area (Å²) in [4.78, 5) is 43.3. The topological polar surface area (TPSA) is 99.3 Å². The summed E-state index contributed by atoms with van der Waals surface area (Å²) in [5.74, 6) is -0.797. The molecule has 10 heteroatoms. The number of ether oxygens (including phenoxy) is 1. The molecule has 0 aliphatic carbocycles. The van der Waals surface area contributed by atoms with Gasteiger partial charge in [-0.2, -0.15) is 5.10 Å². The predicted molar refractivity (Wildman–Crippen MR) is 114 cm³/mol. The molecule has 3 heterocycles. The van der Waals surface area contributed by atoms with Crippen molar-refractivity contribution >= 4 is 22.9 Å². The van der Waals surface area contributed by atoms with Crippen molar-refractivity contribution in [1.29, 1.82) is 0 Å². The minimum Gasteiger partial charge on any atom is -0.466 e. The van der Waals surface area contributed by atoms with Crippen LogP contribution in [0.4, 0.5) is 4.39 Å². The van der Waals surface area contributed by atoms with Gasteiger partial charge < -0.3 is 9.64 Å². The molecular weight excluding hydrogens is 417 g/mol. The Morgan fingerprint density at radius 3 is 2.59 bits per heavy atom. The van der Waals surface area contributed by atoms with E-state index in [2.05, 4.69) is 10.1 Å². The van der Waals surface area contributed by atoms with Gasteiger partial charge in [-0.1, -0.05) is 0 Å². The van der Waals surface area contributed by atoms with Crippen LogP contribution in [0.25, 0.3) is 16.7 Å². The summed E-state index contributed by atoms with van der Waals surface area (Å²) < 4.78 is 21.1. The first-order valence-corrected chi connectivity index (χ1v) is 10.6. The normalized spacial score (nSPS) is 14.6. The Labute approximate surface area is 183 Å². The summed E-state index contributed by atoms with van der Waals surface area (Å²) in [6.45, 7) is 3.32. The first-order valence-electron chi connectivity index (χ1n) is 10.6. The highest BCUT2D eigenvalue weighted by molar-refractivity contribution is 5.78. The number of hydrogen-bond acceptors (Lipinski definition) is 6. The van der Waals surface area contributed by atoms with E-state index in [9.17, 15) is 18.8 Å². The van der Waals surface area contributed by atoms with E-state index < -0.39 is 0 Å². The summed E-state index contributed by atoms with van der Waals surface area (Å²) in [6.07, 6.45) is 4.14. The van der Waals surface area contributed by atoms with Crippen LogP contribution in [0.5, 0.6) is 0 Å². The average Bonchev–Trinajstić information content (AvgIpc) is 3.24. The van der Waals surface area contributed by atoms with Gasteiger partial charge in [0.15, 0.2) is 5.65 Å². The number of carbonyl (C=O) groups is 2. The van der Waals surface area contributed by atoms with E-state index in [4.69, 9.17) is 4.74 Å². The number of esters is 1. The van der Waals surface area contributed by atoms with Gasteiger partial charge in [-0.3, -0.25) is 19.0 Å². The van der Waals surface area contributed by atoms with Gasteiger partial charge in [0.2, 0.25) is 5.91 Å². The third-order valence-corrected chi connectivity index (χ3v) is 5.66. The smallest absolute Gasteiger partial charge is 0.309 e. The molecule has 1 aliphatic heterocycles. The maximum atomic E-state index is 13.2. The summed E-state index contributed by atoms with van der Waals surface area (Å²) in [7, 11) is 0. The van der Waals surface area contributed by atoms with Gasteiger partial charge in [0.05, 0.1) is 30.7 Å². The molecule has 0 bridgehead atoms. The molecule has 0 N–H and O–H groups in total. The summed E-state index contributed by atoms with van der Waals surface area (Å²) >= 11 is 0. The van der Waals surface area contributed by atoms with Crippen molar-refractivity contribution in [3.8, 4) is 5.69 Å². The van der Waals surface area contributed by atoms with Gasteiger partial charge in [-0.25, -0.2) is 14.1 Å². The van der Waals surface area contributed by atoms with Crippen LogP contribution in [0.3, 0.4) is 0 Å². The minimum atomic E-state index is -0.365. The monoisotopic (exact) mass is 441 g/mol. The van der Waals surface area contributed by atoms with Crippen molar-refractivity contribution < 1.29 is 18.7 Å². The molecule has 0 unspecified atom stereocenters. The number of fused-ring (bicyclic) bond motifs is 1. The number of piperidine rings is 1. The Bertz CT molecular complexity index is 1180. The van der Waals surface area contributed by atoms with Gasteiger partial charge >= 0.3 is 5.97 Å². The van der Waals surface area contributed by atoms with E-state index >= 15 is 0 Å². The number of aryl methyl sites for hydroxylation is 1. The molecule has 4 rings (SSSR count). The van der Waals surface area contributed by atoms with Crippen molar-refractivity contribution in [2.24, 2.45) is 5.92 Å². The van der Waals surface area contributed by atoms with Crippen molar-refractivity contribution in [2.45, 2.75) is 32.7 Å². The van der Waals surface area contributed by atoms with E-state index in [0.717, 1.165) is 0 Å². The van der Waals surface area contributed by atoms with Crippen LogP contribution >= 0.6 is 0 Å². The molecule has 0 saturated carbocycles. The molecule has 1 fully saturated rings. The van der Waals surface area contributed by atoms with Gasteiger partial charge in [0, 0.05) is 26.1 Å². The Kier molecular flexibility index (Phi) is 6.29. The number of nitrogens with zero attached hydrogens (tertiary/aromatic N) is 5. The van der Waals surface area contributed by atoms with Crippen LogP contribution in [0.2, 0.25) is 0 Å². The fourth-order valence-corrected chi connectivity index (χ4v) is 3.88. The van der Waals surface area contributed by atoms with Gasteiger partial charge in [-0.05, 0) is 44.0 Å². The predicted octanol–water partition coefficient (Wildman–Crippen LogP) is 1.91. The van der Waals surface area contributed by atoms with Crippen LogP contribution in [-0.2, 0) is 20.9 Å². The van der Waals surface area contributed by atoms with E-state index in [1.807, 2.05) is 0 Å². The molecule has 0 spiro atoms. The Morgan fingerprint density at radius 1 is 1.19 bits per heavy atom. The molecule has 32 heavy (non-hydrogen) atoms. The highest BCUT2D eigenvalue weighted by Gasteiger charge is 2.28. The van der Waals surface area contributed by atoms with Crippen molar-refractivity contribution in [1.82, 2.24) is 24.2 Å². The van der Waals surface area contributed by atoms with Crippen LogP contribution in [0, 0.1) is 11.7 Å². The second-order valence-electron chi connectivity index (χ2n) is 7.67. The molecule has 0 radical (unpaired) electrons. The first kappa shape index (κ1) is 21.7. The number of benzene rings is 1. The van der Waals surface area contributed by atoms with Crippen molar-refractivity contribution in [3.05, 3.63) is 53.0 Å². The fourth-order valence-electron chi connectivity index (χ4n) is 3.88. The number of likely N-dealkylation sites (tertiary alicyclic amines) is 1. The van der Waals surface area contributed by atoms with E-state index in [-0.39, 0.29) is 42.1 Å². The molecule has 1 aliphatic rings. The Morgan fingerprint density at radius 2 is 1.91 bits per heavy atom. The minimum absolute atomic E-state index is 0.0682. The third kappa shape index (κ3) is 4.39. The van der Waals surface area contributed by atoms with E-state index in [1.54, 1.807) is 24.0 Å². The molecule has 2 aromatic heterocycles. The van der Waals surface area contributed by atoms with Crippen LogP contribution in [0.15, 0.2) is 41.6 Å². The molecule has 1 saturated heterocycles. The maximum Gasteiger partial charge on any atom is 0.309 e. The second kappa shape index (κ2) is 9.29. The summed E-state index contributed by atoms with van der Waals surface area (Å²) in [5.41, 5.74) is 0.662. The number of halogens is 1.